The molecule has 4 rings (SSSR count). The van der Waals surface area contributed by atoms with Crippen molar-refractivity contribution >= 4 is 40.3 Å². The van der Waals surface area contributed by atoms with E-state index >= 15 is 4.39 Å². The fraction of sp³-hybridized carbons (Fsp3) is 0.522. The summed E-state index contributed by atoms with van der Waals surface area (Å²) < 4.78 is 27.9. The minimum absolute atomic E-state index is 0.0103. The van der Waals surface area contributed by atoms with Gasteiger partial charge in [-0.05, 0) is 39.7 Å². The molecule has 1 aliphatic carbocycles. The lowest BCUT2D eigenvalue weighted by Gasteiger charge is -2.24. The van der Waals surface area contributed by atoms with Crippen LogP contribution in [0.1, 0.15) is 50.0 Å². The van der Waals surface area contributed by atoms with Crippen molar-refractivity contribution in [2.75, 3.05) is 25.1 Å². The number of carbonyl (C=O) groups excluding carboxylic acids is 1. The summed E-state index contributed by atoms with van der Waals surface area (Å²) in [6.07, 6.45) is 1.82. The summed E-state index contributed by atoms with van der Waals surface area (Å²) in [7, 11) is 1.49. The quantitative estimate of drug-likeness (QED) is 0.652. The highest BCUT2D eigenvalue weighted by molar-refractivity contribution is 6.38. The van der Waals surface area contributed by atoms with Crippen LogP contribution in [-0.4, -0.2) is 59.7 Å². The molecule has 2 atom stereocenters. The van der Waals surface area contributed by atoms with Crippen molar-refractivity contribution < 1.29 is 28.6 Å². The topological polar surface area (TPSA) is 110 Å². The number of fused-ring (bicyclic) bond motifs is 1. The fourth-order valence-electron chi connectivity index (χ4n) is 4.31. The van der Waals surface area contributed by atoms with E-state index in [0.717, 1.165) is 18.9 Å². The maximum Gasteiger partial charge on any atom is 0.408 e. The average Bonchev–Trinajstić information content (AvgIpc) is 3.48. The number of rotatable bonds is 5. The molecule has 1 amide bonds. The number of ether oxygens (including phenoxy) is 2. The van der Waals surface area contributed by atoms with E-state index in [1.807, 2.05) is 0 Å². The van der Waals surface area contributed by atoms with Gasteiger partial charge < -0.3 is 29.4 Å². The molecule has 1 saturated carbocycles. The van der Waals surface area contributed by atoms with Crippen LogP contribution < -0.4 is 15.6 Å². The van der Waals surface area contributed by atoms with E-state index in [9.17, 15) is 19.5 Å². The molecule has 0 unspecified atom stereocenters. The van der Waals surface area contributed by atoms with E-state index < -0.39 is 46.6 Å². The summed E-state index contributed by atoms with van der Waals surface area (Å²) in [6.45, 7) is 5.68. The number of pyridine rings is 1. The van der Waals surface area contributed by atoms with Crippen molar-refractivity contribution in [1.29, 1.82) is 0 Å². The van der Waals surface area contributed by atoms with E-state index in [-0.39, 0.29) is 35.2 Å². The number of hydrogen-bond donors (Lipinski definition) is 2. The highest BCUT2D eigenvalue weighted by Gasteiger charge is 2.38. The van der Waals surface area contributed by atoms with Gasteiger partial charge in [0.05, 0.1) is 33.8 Å². The molecule has 1 saturated heterocycles. The Balaban J connectivity index is 1.74. The van der Waals surface area contributed by atoms with Crippen LogP contribution in [0, 0.1) is 5.82 Å². The van der Waals surface area contributed by atoms with Crippen molar-refractivity contribution in [2.45, 2.75) is 57.4 Å². The molecule has 2 aliphatic rings. The second kappa shape index (κ2) is 8.74. The number of nitrogens with zero attached hydrogens (tertiary/aromatic N) is 2. The Morgan fingerprint density at radius 2 is 1.94 bits per heavy atom. The summed E-state index contributed by atoms with van der Waals surface area (Å²) in [5, 5.41) is 12.1. The van der Waals surface area contributed by atoms with Crippen LogP contribution in [0.5, 0.6) is 0 Å². The minimum atomic E-state index is -1.37. The van der Waals surface area contributed by atoms with Gasteiger partial charge in [-0.3, -0.25) is 4.79 Å². The summed E-state index contributed by atoms with van der Waals surface area (Å²) >= 11 is 6.70. The van der Waals surface area contributed by atoms with E-state index in [4.69, 9.17) is 21.1 Å². The number of carboxylic acids is 1. The van der Waals surface area contributed by atoms with E-state index in [0.29, 0.717) is 5.52 Å². The van der Waals surface area contributed by atoms with Gasteiger partial charge in [-0.25, -0.2) is 14.0 Å². The Morgan fingerprint density at radius 1 is 1.26 bits per heavy atom. The molecule has 0 radical (unpaired) electrons. The van der Waals surface area contributed by atoms with Gasteiger partial charge in [0.25, 0.3) is 0 Å². The third-order valence-corrected chi connectivity index (χ3v) is 6.30. The first-order chi connectivity index (χ1) is 15.9. The highest BCUT2D eigenvalue weighted by Crippen LogP contribution is 2.42. The molecule has 1 aromatic heterocycles. The molecule has 9 nitrogen and oxygen atoms in total. The Labute approximate surface area is 200 Å². The molecule has 0 bridgehead atoms. The maximum absolute atomic E-state index is 15.4. The number of benzene rings is 1. The van der Waals surface area contributed by atoms with Crippen LogP contribution in [0.15, 0.2) is 17.1 Å². The molecule has 0 spiro atoms. The molecule has 2 fully saturated rings. The first kappa shape index (κ1) is 24.3. The first-order valence-electron chi connectivity index (χ1n) is 11.0. The summed E-state index contributed by atoms with van der Waals surface area (Å²) in [4.78, 5) is 38.3. The molecular formula is C23H27ClFN3O6. The van der Waals surface area contributed by atoms with Gasteiger partial charge in [-0.1, -0.05) is 11.6 Å². The number of amides is 1. The number of methoxy groups -OCH3 is 1. The lowest BCUT2D eigenvalue weighted by molar-refractivity contribution is 0.0417. The summed E-state index contributed by atoms with van der Waals surface area (Å²) in [6, 6.07) is 0.538. The monoisotopic (exact) mass is 495 g/mol. The van der Waals surface area contributed by atoms with Crippen molar-refractivity contribution in [1.82, 2.24) is 9.88 Å². The SMILES string of the molecule is CO[C@H]1CN(c2c(F)cc3c(=O)c(C(=O)O)cn(C4CC4)c3c2Cl)C[C@H]1NC(=O)OC(C)(C)C. The van der Waals surface area contributed by atoms with E-state index in [2.05, 4.69) is 5.32 Å². The molecular weight excluding hydrogens is 469 g/mol. The summed E-state index contributed by atoms with van der Waals surface area (Å²) in [5.74, 6) is -2.13. The summed E-state index contributed by atoms with van der Waals surface area (Å²) in [5.41, 5.74) is -1.52. The largest absolute Gasteiger partial charge is 0.477 e. The second-order valence-electron chi connectivity index (χ2n) is 9.66. The van der Waals surface area contributed by atoms with Gasteiger partial charge in [0, 0.05) is 32.4 Å². The fourth-order valence-corrected chi connectivity index (χ4v) is 4.72. The molecule has 2 aromatic rings. The number of aromatic nitrogens is 1. The zero-order valence-corrected chi connectivity index (χ0v) is 20.1. The number of nitrogens with one attached hydrogen (secondary N) is 1. The first-order valence-corrected chi connectivity index (χ1v) is 11.4. The van der Waals surface area contributed by atoms with E-state index in [1.54, 1.807) is 30.2 Å². The van der Waals surface area contributed by atoms with Crippen molar-refractivity contribution in [3.8, 4) is 0 Å². The van der Waals surface area contributed by atoms with Gasteiger partial charge in [-0.15, -0.1) is 0 Å². The maximum atomic E-state index is 15.4. The zero-order chi connectivity index (χ0) is 24.9. The number of hydrogen-bond acceptors (Lipinski definition) is 6. The lowest BCUT2D eigenvalue weighted by Crippen LogP contribution is -2.45. The number of carboxylic acid groups (broad SMARTS) is 1. The number of alkyl carbamates (subject to hydrolysis) is 1. The lowest BCUT2D eigenvalue weighted by atomic mass is 10.1. The second-order valence-corrected chi connectivity index (χ2v) is 10.0. The van der Waals surface area contributed by atoms with Crippen molar-refractivity contribution in [3.05, 3.63) is 38.9 Å². The molecule has 1 aliphatic heterocycles. The Morgan fingerprint density at radius 3 is 2.50 bits per heavy atom. The number of aromatic carboxylic acids is 1. The van der Waals surface area contributed by atoms with Crippen LogP contribution in [0.25, 0.3) is 10.9 Å². The Bertz CT molecular complexity index is 1220. The van der Waals surface area contributed by atoms with Crippen LogP contribution in [-0.2, 0) is 9.47 Å². The van der Waals surface area contributed by atoms with Gasteiger partial charge in [0.15, 0.2) is 0 Å². The predicted octanol–water partition coefficient (Wildman–Crippen LogP) is 3.56. The Hall–Kier alpha value is -2.85. The molecule has 1 aromatic carbocycles. The van der Waals surface area contributed by atoms with Gasteiger partial charge >= 0.3 is 12.1 Å². The van der Waals surface area contributed by atoms with Gasteiger partial charge in [0.2, 0.25) is 5.43 Å². The van der Waals surface area contributed by atoms with Crippen LogP contribution in [0.4, 0.5) is 14.9 Å². The van der Waals surface area contributed by atoms with Crippen LogP contribution in [0.2, 0.25) is 5.02 Å². The smallest absolute Gasteiger partial charge is 0.408 e. The van der Waals surface area contributed by atoms with E-state index in [1.165, 1.54) is 13.3 Å². The van der Waals surface area contributed by atoms with Crippen molar-refractivity contribution in [3.63, 3.8) is 0 Å². The zero-order valence-electron chi connectivity index (χ0n) is 19.4. The number of halogens is 2. The molecule has 2 heterocycles. The highest BCUT2D eigenvalue weighted by atomic mass is 35.5. The molecule has 184 valence electrons. The Kier molecular flexibility index (Phi) is 6.24. The minimum Gasteiger partial charge on any atom is -0.477 e. The van der Waals surface area contributed by atoms with Crippen molar-refractivity contribution in [2.24, 2.45) is 0 Å². The molecule has 34 heavy (non-hydrogen) atoms. The molecule has 11 heteroatoms. The molecule has 2 N–H and O–H groups in total. The van der Waals surface area contributed by atoms with Gasteiger partial charge in [0.1, 0.15) is 17.0 Å². The third kappa shape index (κ3) is 4.56. The van der Waals surface area contributed by atoms with Gasteiger partial charge in [-0.2, -0.15) is 0 Å². The average molecular weight is 496 g/mol. The van der Waals surface area contributed by atoms with Crippen LogP contribution in [0.3, 0.4) is 0 Å². The predicted molar refractivity (Wildman–Crippen MR) is 125 cm³/mol. The number of carbonyl (C=O) groups is 2. The standard InChI is InChI=1S/C23H27ClFN3O6/c1-23(2,3)34-22(32)26-15-9-27(10-16(15)33-4)19-14(25)7-12-18(17(19)24)28(11-5-6-11)8-13(20(12)29)21(30)31/h7-8,11,15-16H,5-6,9-10H2,1-4H3,(H,26,32)(H,30,31)/t15-,16+/m1/s1. The van der Waals surface area contributed by atoms with Crippen LogP contribution >= 0.6 is 11.6 Å². The number of anilines is 1. The third-order valence-electron chi connectivity index (χ3n) is 5.94. The normalized spacial score (nSPS) is 20.6.